The Labute approximate surface area is 83.9 Å². The minimum Gasteiger partial charge on any atom is -0.396 e. The quantitative estimate of drug-likeness (QED) is 0.405. The lowest BCUT2D eigenvalue weighted by atomic mass is 10.0. The minimum atomic E-state index is -1.06. The highest BCUT2D eigenvalue weighted by Gasteiger charge is 2.25. The van der Waals surface area contributed by atoms with Crippen LogP contribution in [0.3, 0.4) is 0 Å². The average Bonchev–Trinajstić information content (AvgIpc) is 2.17. The molecule has 5 heteroatoms. The smallest absolute Gasteiger partial charge is 0.106 e. The molecule has 0 aliphatic carbocycles. The number of hydrogen-bond acceptors (Lipinski definition) is 5. The average molecular weight is 208 g/mol. The molecule has 0 aromatic carbocycles. The molecule has 86 valence electrons. The van der Waals surface area contributed by atoms with Crippen LogP contribution in [-0.4, -0.2) is 58.6 Å². The molecule has 0 saturated heterocycles. The molecule has 0 aromatic rings. The lowest BCUT2D eigenvalue weighted by molar-refractivity contribution is -0.0978. The zero-order chi connectivity index (χ0) is 11.0. The fourth-order valence-corrected chi connectivity index (χ4v) is 1.24. The lowest BCUT2D eigenvalue weighted by Crippen LogP contribution is -2.40. The number of hydrogen-bond donors (Lipinski definition) is 4. The van der Waals surface area contributed by atoms with Gasteiger partial charge in [0.25, 0.3) is 0 Å². The van der Waals surface area contributed by atoms with Gasteiger partial charge in [-0.25, -0.2) is 0 Å². The Kier molecular flexibility index (Phi) is 8.02. The topological polar surface area (TPSA) is 90.2 Å². The Bertz CT molecular complexity index is 124. The maximum Gasteiger partial charge on any atom is 0.106 e. The summed E-state index contributed by atoms with van der Waals surface area (Å²) in [4.78, 5) is 0. The molecule has 0 fully saturated rings. The summed E-state index contributed by atoms with van der Waals surface area (Å²) < 4.78 is 5.16. The normalized spacial score (nSPS) is 17.8. The molecule has 0 amide bonds. The number of rotatable bonds is 8. The van der Waals surface area contributed by atoms with Crippen molar-refractivity contribution >= 4 is 0 Å². The molecule has 3 unspecified atom stereocenters. The van der Waals surface area contributed by atoms with E-state index in [4.69, 9.17) is 14.9 Å². The van der Waals surface area contributed by atoms with Crippen LogP contribution in [0.1, 0.15) is 19.8 Å². The van der Waals surface area contributed by atoms with Crippen molar-refractivity contribution in [2.45, 2.75) is 38.1 Å². The fourth-order valence-electron chi connectivity index (χ4n) is 1.24. The minimum absolute atomic E-state index is 0.104. The van der Waals surface area contributed by atoms with E-state index in [1.165, 1.54) is 0 Å². The van der Waals surface area contributed by atoms with Gasteiger partial charge in [0.1, 0.15) is 6.10 Å². The van der Waals surface area contributed by atoms with Crippen LogP contribution in [0, 0.1) is 0 Å². The predicted molar refractivity (Wildman–Crippen MR) is 50.8 cm³/mol. The molecule has 0 saturated carbocycles. The fraction of sp³-hybridized carbons (Fsp3) is 1.00. The van der Waals surface area contributed by atoms with Crippen LogP contribution in [0.2, 0.25) is 0 Å². The molecule has 14 heavy (non-hydrogen) atoms. The van der Waals surface area contributed by atoms with Crippen molar-refractivity contribution in [3.05, 3.63) is 0 Å². The van der Waals surface area contributed by atoms with E-state index in [-0.39, 0.29) is 26.1 Å². The summed E-state index contributed by atoms with van der Waals surface area (Å²) in [5.74, 6) is 0. The van der Waals surface area contributed by atoms with Crippen LogP contribution in [0.5, 0.6) is 0 Å². The van der Waals surface area contributed by atoms with Crippen molar-refractivity contribution in [3.63, 3.8) is 0 Å². The van der Waals surface area contributed by atoms with Gasteiger partial charge >= 0.3 is 0 Å². The molecule has 0 bridgehead atoms. The van der Waals surface area contributed by atoms with Gasteiger partial charge in [0, 0.05) is 19.8 Å². The first kappa shape index (κ1) is 13.8. The van der Waals surface area contributed by atoms with Crippen LogP contribution in [0.25, 0.3) is 0 Å². The highest BCUT2D eigenvalue weighted by Crippen LogP contribution is 2.10. The van der Waals surface area contributed by atoms with E-state index in [0.717, 1.165) is 0 Å². The van der Waals surface area contributed by atoms with E-state index in [2.05, 4.69) is 0 Å². The maximum atomic E-state index is 9.57. The molecule has 3 atom stereocenters. The summed E-state index contributed by atoms with van der Waals surface area (Å²) in [6.07, 6.45) is -2.27. The maximum absolute atomic E-state index is 9.57. The van der Waals surface area contributed by atoms with Gasteiger partial charge in [-0.15, -0.1) is 0 Å². The second kappa shape index (κ2) is 8.14. The largest absolute Gasteiger partial charge is 0.396 e. The summed E-state index contributed by atoms with van der Waals surface area (Å²) in [6, 6.07) is 0. The van der Waals surface area contributed by atoms with Crippen molar-refractivity contribution in [3.8, 4) is 0 Å². The third kappa shape index (κ3) is 4.88. The molecule has 0 spiro atoms. The first-order chi connectivity index (χ1) is 6.67. The summed E-state index contributed by atoms with van der Waals surface area (Å²) in [5.41, 5.74) is 0. The second-order valence-corrected chi connectivity index (χ2v) is 3.08. The Morgan fingerprint density at radius 2 is 1.64 bits per heavy atom. The predicted octanol–water partition coefficient (Wildman–Crippen LogP) is -1.12. The van der Waals surface area contributed by atoms with E-state index in [1.807, 2.05) is 0 Å². The van der Waals surface area contributed by atoms with Gasteiger partial charge in [-0.1, -0.05) is 0 Å². The molecule has 0 aliphatic heterocycles. The SMILES string of the molecule is CCOC(CCO)C(O)C(O)CCO. The monoisotopic (exact) mass is 208 g/mol. The molecule has 4 N–H and O–H groups in total. The lowest BCUT2D eigenvalue weighted by Gasteiger charge is -2.25. The van der Waals surface area contributed by atoms with E-state index in [9.17, 15) is 10.2 Å². The third-order valence-corrected chi connectivity index (χ3v) is 1.99. The zero-order valence-electron chi connectivity index (χ0n) is 8.46. The summed E-state index contributed by atoms with van der Waals surface area (Å²) >= 11 is 0. The van der Waals surface area contributed by atoms with Crippen LogP contribution >= 0.6 is 0 Å². The van der Waals surface area contributed by atoms with Gasteiger partial charge < -0.3 is 25.2 Å². The van der Waals surface area contributed by atoms with Crippen molar-refractivity contribution in [2.24, 2.45) is 0 Å². The number of aliphatic hydroxyl groups is 4. The molecule has 0 rings (SSSR count). The van der Waals surface area contributed by atoms with E-state index in [0.29, 0.717) is 6.61 Å². The van der Waals surface area contributed by atoms with Gasteiger partial charge in [-0.05, 0) is 19.8 Å². The standard InChI is InChI=1S/C9H20O5/c1-2-14-8(4-6-11)9(13)7(12)3-5-10/h7-13H,2-6H2,1H3. The molecular formula is C9H20O5. The molecule has 0 aromatic heterocycles. The Hall–Kier alpha value is -0.200. The highest BCUT2D eigenvalue weighted by molar-refractivity contribution is 4.76. The van der Waals surface area contributed by atoms with Crippen LogP contribution in [0.4, 0.5) is 0 Å². The van der Waals surface area contributed by atoms with Crippen LogP contribution in [0.15, 0.2) is 0 Å². The van der Waals surface area contributed by atoms with E-state index < -0.39 is 18.3 Å². The van der Waals surface area contributed by atoms with E-state index in [1.54, 1.807) is 6.92 Å². The van der Waals surface area contributed by atoms with Gasteiger partial charge in [0.05, 0.1) is 12.2 Å². The second-order valence-electron chi connectivity index (χ2n) is 3.08. The Balaban J connectivity index is 4.03. The zero-order valence-corrected chi connectivity index (χ0v) is 8.46. The molecular weight excluding hydrogens is 188 g/mol. The Morgan fingerprint density at radius 3 is 2.07 bits per heavy atom. The molecule has 5 nitrogen and oxygen atoms in total. The first-order valence-electron chi connectivity index (χ1n) is 4.86. The summed E-state index contributed by atoms with van der Waals surface area (Å²) in [6.45, 7) is 1.90. The van der Waals surface area contributed by atoms with Crippen LogP contribution in [-0.2, 0) is 4.74 Å². The van der Waals surface area contributed by atoms with Gasteiger partial charge in [0.2, 0.25) is 0 Å². The van der Waals surface area contributed by atoms with Gasteiger partial charge in [-0.3, -0.25) is 0 Å². The summed E-state index contributed by atoms with van der Waals surface area (Å²) in [7, 11) is 0. The van der Waals surface area contributed by atoms with Gasteiger partial charge in [0.15, 0.2) is 0 Å². The van der Waals surface area contributed by atoms with Crippen molar-refractivity contribution < 1.29 is 25.2 Å². The van der Waals surface area contributed by atoms with Crippen LogP contribution < -0.4 is 0 Å². The van der Waals surface area contributed by atoms with Crippen molar-refractivity contribution in [2.75, 3.05) is 19.8 Å². The number of aliphatic hydroxyl groups excluding tert-OH is 4. The van der Waals surface area contributed by atoms with E-state index >= 15 is 0 Å². The van der Waals surface area contributed by atoms with Crippen molar-refractivity contribution in [1.82, 2.24) is 0 Å². The van der Waals surface area contributed by atoms with Crippen molar-refractivity contribution in [1.29, 1.82) is 0 Å². The Morgan fingerprint density at radius 1 is 1.07 bits per heavy atom. The molecule has 0 aliphatic rings. The van der Waals surface area contributed by atoms with Gasteiger partial charge in [-0.2, -0.15) is 0 Å². The number of ether oxygens (including phenoxy) is 1. The summed E-state index contributed by atoms with van der Waals surface area (Å²) in [5, 5.41) is 36.2. The molecule has 0 radical (unpaired) electrons. The third-order valence-electron chi connectivity index (χ3n) is 1.99. The molecule has 0 heterocycles. The first-order valence-corrected chi connectivity index (χ1v) is 4.86. The highest BCUT2D eigenvalue weighted by atomic mass is 16.5.